The van der Waals surface area contributed by atoms with E-state index in [9.17, 15) is 9.59 Å². The van der Waals surface area contributed by atoms with Crippen LogP contribution in [0.15, 0.2) is 29.7 Å². The third-order valence-corrected chi connectivity index (χ3v) is 6.49. The Morgan fingerprint density at radius 2 is 2.14 bits per heavy atom. The molecular weight excluding hydrogens is 368 g/mol. The number of pyridine rings is 1. The van der Waals surface area contributed by atoms with Crippen LogP contribution in [0.2, 0.25) is 0 Å². The average Bonchev–Trinajstić information content (AvgIpc) is 3.16. The summed E-state index contributed by atoms with van der Waals surface area (Å²) in [6, 6.07) is 3.76. The maximum absolute atomic E-state index is 13.0. The molecule has 0 radical (unpaired) electrons. The van der Waals surface area contributed by atoms with Gasteiger partial charge in [0.15, 0.2) is 5.60 Å². The highest BCUT2D eigenvalue weighted by molar-refractivity contribution is 6.39. The van der Waals surface area contributed by atoms with E-state index < -0.39 is 5.60 Å². The van der Waals surface area contributed by atoms with Crippen molar-refractivity contribution < 1.29 is 14.4 Å². The molecule has 1 unspecified atom stereocenters. The number of aromatic nitrogens is 1. The summed E-state index contributed by atoms with van der Waals surface area (Å²) in [6.07, 6.45) is 9.84. The van der Waals surface area contributed by atoms with Crippen molar-refractivity contribution in [2.24, 2.45) is 17.0 Å². The summed E-state index contributed by atoms with van der Waals surface area (Å²) < 4.78 is 0. The topological polar surface area (TPSA) is 83.9 Å². The van der Waals surface area contributed by atoms with Crippen molar-refractivity contribution in [2.45, 2.75) is 64.0 Å². The average molecular weight is 399 g/mol. The number of oxime groups is 1. The molecule has 3 heterocycles. The standard InChI is InChI=1S/C22H30N4O3/c1-16-5-7-18(8-6-16)21(28)26-11-3-9-22(15-26)12-19(25-29-22)20(27)24-14-17-4-2-10-23-13-17/h2,4,10,13,16,18H,3,5-9,11-12,14-15H2,1H3,(H,24,27). The lowest BCUT2D eigenvalue weighted by Crippen LogP contribution is -2.52. The number of hydrogen-bond acceptors (Lipinski definition) is 5. The Bertz CT molecular complexity index is 774. The predicted molar refractivity (Wildman–Crippen MR) is 109 cm³/mol. The molecule has 156 valence electrons. The Morgan fingerprint density at radius 1 is 1.31 bits per heavy atom. The molecular formula is C22H30N4O3. The number of carbonyl (C=O) groups excluding carboxylic acids is 2. The first-order valence-corrected chi connectivity index (χ1v) is 10.8. The van der Waals surface area contributed by atoms with E-state index in [1.54, 1.807) is 12.4 Å². The summed E-state index contributed by atoms with van der Waals surface area (Å²) in [5.41, 5.74) is 0.803. The van der Waals surface area contributed by atoms with Crippen LogP contribution in [-0.2, 0) is 21.0 Å². The molecule has 1 N–H and O–H groups in total. The van der Waals surface area contributed by atoms with Gasteiger partial charge in [-0.05, 0) is 56.1 Å². The van der Waals surface area contributed by atoms with Crippen molar-refractivity contribution >= 4 is 17.5 Å². The molecule has 1 saturated heterocycles. The minimum Gasteiger partial charge on any atom is -0.386 e. The van der Waals surface area contributed by atoms with Crippen LogP contribution in [0.3, 0.4) is 0 Å². The number of carbonyl (C=O) groups is 2. The molecule has 0 aromatic carbocycles. The van der Waals surface area contributed by atoms with E-state index in [1.165, 1.54) is 0 Å². The highest BCUT2D eigenvalue weighted by Gasteiger charge is 2.46. The molecule has 1 aliphatic carbocycles. The predicted octanol–water partition coefficient (Wildman–Crippen LogP) is 2.66. The summed E-state index contributed by atoms with van der Waals surface area (Å²) in [6.45, 7) is 3.98. The van der Waals surface area contributed by atoms with Crippen molar-refractivity contribution in [3.05, 3.63) is 30.1 Å². The van der Waals surface area contributed by atoms with Crippen LogP contribution in [0.25, 0.3) is 0 Å². The Hall–Kier alpha value is -2.44. The molecule has 4 rings (SSSR count). The van der Waals surface area contributed by atoms with Gasteiger partial charge in [-0.25, -0.2) is 0 Å². The lowest BCUT2D eigenvalue weighted by atomic mass is 9.81. The summed E-state index contributed by atoms with van der Waals surface area (Å²) in [7, 11) is 0. The fraction of sp³-hybridized carbons (Fsp3) is 0.636. The number of hydrogen-bond donors (Lipinski definition) is 1. The van der Waals surface area contributed by atoms with Gasteiger partial charge in [-0.2, -0.15) is 0 Å². The molecule has 1 atom stereocenters. The Balaban J connectivity index is 1.31. The molecule has 2 amide bonds. The Labute approximate surface area is 171 Å². The number of piperidine rings is 1. The molecule has 3 aliphatic rings. The molecule has 7 heteroatoms. The maximum atomic E-state index is 13.0. The Morgan fingerprint density at radius 3 is 2.90 bits per heavy atom. The number of likely N-dealkylation sites (tertiary alicyclic amines) is 1. The van der Waals surface area contributed by atoms with E-state index in [4.69, 9.17) is 4.84 Å². The van der Waals surface area contributed by atoms with Gasteiger partial charge in [-0.15, -0.1) is 0 Å². The SMILES string of the molecule is CC1CCC(C(=O)N2CCCC3(CC(C(=O)NCc4cccnc4)=NO3)C2)CC1. The summed E-state index contributed by atoms with van der Waals surface area (Å²) in [5, 5.41) is 6.97. The zero-order valence-corrected chi connectivity index (χ0v) is 17.1. The number of nitrogens with zero attached hydrogens (tertiary/aromatic N) is 3. The second-order valence-electron chi connectivity index (χ2n) is 8.85. The largest absolute Gasteiger partial charge is 0.386 e. The van der Waals surface area contributed by atoms with E-state index in [1.807, 2.05) is 17.0 Å². The van der Waals surface area contributed by atoms with Crippen molar-refractivity contribution in [3.63, 3.8) is 0 Å². The smallest absolute Gasteiger partial charge is 0.269 e. The molecule has 1 aromatic heterocycles. The second-order valence-corrected chi connectivity index (χ2v) is 8.85. The first-order valence-electron chi connectivity index (χ1n) is 10.8. The molecule has 2 fully saturated rings. The van der Waals surface area contributed by atoms with E-state index in [2.05, 4.69) is 22.4 Å². The van der Waals surface area contributed by atoms with Crippen molar-refractivity contribution in [1.82, 2.24) is 15.2 Å². The van der Waals surface area contributed by atoms with Crippen LogP contribution in [0.4, 0.5) is 0 Å². The quantitative estimate of drug-likeness (QED) is 0.845. The highest BCUT2D eigenvalue weighted by Crippen LogP contribution is 2.36. The van der Waals surface area contributed by atoms with Gasteiger partial charge in [0.1, 0.15) is 5.71 Å². The van der Waals surface area contributed by atoms with Gasteiger partial charge in [0, 0.05) is 37.8 Å². The first-order chi connectivity index (χ1) is 14.0. The molecule has 2 aliphatic heterocycles. The van der Waals surface area contributed by atoms with Gasteiger partial charge < -0.3 is 15.1 Å². The minimum absolute atomic E-state index is 0.144. The lowest BCUT2D eigenvalue weighted by Gasteiger charge is -2.40. The van der Waals surface area contributed by atoms with Gasteiger partial charge in [0.2, 0.25) is 5.91 Å². The van der Waals surface area contributed by atoms with Crippen LogP contribution in [0.5, 0.6) is 0 Å². The monoisotopic (exact) mass is 398 g/mol. The summed E-state index contributed by atoms with van der Waals surface area (Å²) in [4.78, 5) is 37.3. The number of nitrogens with one attached hydrogen (secondary N) is 1. The van der Waals surface area contributed by atoms with E-state index in [-0.39, 0.29) is 17.7 Å². The van der Waals surface area contributed by atoms with Crippen LogP contribution < -0.4 is 5.32 Å². The maximum Gasteiger partial charge on any atom is 0.269 e. The molecule has 7 nitrogen and oxygen atoms in total. The molecule has 1 spiro atoms. The van der Waals surface area contributed by atoms with Crippen molar-refractivity contribution in [1.29, 1.82) is 0 Å². The first kappa shape index (κ1) is 19.9. The van der Waals surface area contributed by atoms with Gasteiger partial charge in [-0.1, -0.05) is 18.1 Å². The van der Waals surface area contributed by atoms with E-state index in [0.29, 0.717) is 25.2 Å². The highest BCUT2D eigenvalue weighted by atomic mass is 16.7. The van der Waals surface area contributed by atoms with Gasteiger partial charge in [0.25, 0.3) is 5.91 Å². The summed E-state index contributed by atoms with van der Waals surface area (Å²) >= 11 is 0. The fourth-order valence-electron chi connectivity index (χ4n) is 4.70. The molecule has 1 aromatic rings. The number of rotatable bonds is 4. The molecule has 29 heavy (non-hydrogen) atoms. The third kappa shape index (κ3) is 4.60. The zero-order valence-electron chi connectivity index (χ0n) is 17.1. The van der Waals surface area contributed by atoms with Crippen LogP contribution >= 0.6 is 0 Å². The van der Waals surface area contributed by atoms with E-state index in [0.717, 1.165) is 56.6 Å². The zero-order chi connectivity index (χ0) is 20.3. The second kappa shape index (κ2) is 8.51. The van der Waals surface area contributed by atoms with Crippen LogP contribution in [0.1, 0.15) is 57.4 Å². The van der Waals surface area contributed by atoms with Crippen LogP contribution in [0, 0.1) is 11.8 Å². The molecule has 0 bridgehead atoms. The van der Waals surface area contributed by atoms with Gasteiger partial charge >= 0.3 is 0 Å². The normalized spacial score (nSPS) is 29.3. The third-order valence-electron chi connectivity index (χ3n) is 6.49. The molecule has 1 saturated carbocycles. The Kier molecular flexibility index (Phi) is 5.83. The van der Waals surface area contributed by atoms with E-state index >= 15 is 0 Å². The minimum atomic E-state index is -0.545. The fourth-order valence-corrected chi connectivity index (χ4v) is 4.70. The van der Waals surface area contributed by atoms with Gasteiger partial charge in [0.05, 0.1) is 6.54 Å². The number of amides is 2. The van der Waals surface area contributed by atoms with Gasteiger partial charge in [-0.3, -0.25) is 14.6 Å². The van der Waals surface area contributed by atoms with Crippen LogP contribution in [-0.4, -0.2) is 46.1 Å². The summed E-state index contributed by atoms with van der Waals surface area (Å²) in [5.74, 6) is 0.918. The van der Waals surface area contributed by atoms with Crippen molar-refractivity contribution in [2.75, 3.05) is 13.1 Å². The lowest BCUT2D eigenvalue weighted by molar-refractivity contribution is -0.146. The van der Waals surface area contributed by atoms with Crippen molar-refractivity contribution in [3.8, 4) is 0 Å².